The van der Waals surface area contributed by atoms with Crippen LogP contribution in [0.3, 0.4) is 0 Å². The maximum absolute atomic E-state index is 13.8. The molecule has 0 saturated carbocycles. The predicted molar refractivity (Wildman–Crippen MR) is 112 cm³/mol. The van der Waals surface area contributed by atoms with Crippen molar-refractivity contribution in [2.24, 2.45) is 0 Å². The summed E-state index contributed by atoms with van der Waals surface area (Å²) in [6.45, 7) is 3.18. The molecule has 11 heteroatoms. The lowest BCUT2D eigenvalue weighted by Gasteiger charge is -2.28. The molecule has 2 N–H and O–H groups in total. The van der Waals surface area contributed by atoms with Crippen molar-refractivity contribution >= 4 is 17.6 Å². The van der Waals surface area contributed by atoms with E-state index in [9.17, 15) is 13.2 Å². The van der Waals surface area contributed by atoms with E-state index in [1.165, 1.54) is 0 Å². The van der Waals surface area contributed by atoms with Crippen molar-refractivity contribution in [1.29, 1.82) is 0 Å². The van der Waals surface area contributed by atoms with E-state index in [1.807, 2.05) is 21.9 Å². The molecule has 166 valence electrons. The first kappa shape index (κ1) is 20.4. The molecule has 5 rings (SSSR count). The van der Waals surface area contributed by atoms with Crippen molar-refractivity contribution < 1.29 is 17.9 Å². The van der Waals surface area contributed by atoms with Crippen LogP contribution in [0.15, 0.2) is 36.7 Å². The standard InChI is InChI=1S/C21H20F3N7O/c22-21(23,24)15-8-18(25)27-10-14(15)16-9-19(29-20(28-16)30-4-6-32-7-5-30)31-11-13-2-1-3-26-17(13)12-31/h1-3,8-10H,4-7,11-12H2,(H2,25,27). The van der Waals surface area contributed by atoms with E-state index in [-0.39, 0.29) is 17.1 Å². The van der Waals surface area contributed by atoms with E-state index >= 15 is 0 Å². The number of hydrogen-bond donors (Lipinski definition) is 1. The summed E-state index contributed by atoms with van der Waals surface area (Å²) in [6, 6.07) is 6.25. The summed E-state index contributed by atoms with van der Waals surface area (Å²) < 4.78 is 46.7. The van der Waals surface area contributed by atoms with Gasteiger partial charge in [-0.05, 0) is 17.7 Å². The van der Waals surface area contributed by atoms with Crippen molar-refractivity contribution in [2.45, 2.75) is 19.3 Å². The first-order valence-electron chi connectivity index (χ1n) is 10.1. The molecule has 5 heterocycles. The van der Waals surface area contributed by atoms with Crippen LogP contribution in [0.4, 0.5) is 30.8 Å². The van der Waals surface area contributed by atoms with Gasteiger partial charge >= 0.3 is 6.18 Å². The van der Waals surface area contributed by atoms with E-state index in [1.54, 1.807) is 12.3 Å². The average molecular weight is 443 g/mol. The molecule has 0 unspecified atom stereocenters. The molecule has 0 aromatic carbocycles. The average Bonchev–Trinajstić information content (AvgIpc) is 3.23. The Morgan fingerprint density at radius 3 is 2.56 bits per heavy atom. The number of nitrogen functional groups attached to an aromatic ring is 1. The van der Waals surface area contributed by atoms with Gasteiger partial charge in [0.15, 0.2) is 0 Å². The molecule has 0 radical (unpaired) electrons. The third-order valence-corrected chi connectivity index (χ3v) is 5.51. The zero-order valence-corrected chi connectivity index (χ0v) is 17.0. The molecular weight excluding hydrogens is 423 g/mol. The van der Waals surface area contributed by atoms with Gasteiger partial charge < -0.3 is 20.3 Å². The van der Waals surface area contributed by atoms with E-state index < -0.39 is 11.7 Å². The number of morpholine rings is 1. The maximum atomic E-state index is 13.8. The molecule has 0 atom stereocenters. The summed E-state index contributed by atoms with van der Waals surface area (Å²) in [7, 11) is 0. The predicted octanol–water partition coefficient (Wildman–Crippen LogP) is 2.89. The smallest absolute Gasteiger partial charge is 0.384 e. The number of pyridine rings is 2. The summed E-state index contributed by atoms with van der Waals surface area (Å²) in [4.78, 5) is 21.4. The summed E-state index contributed by atoms with van der Waals surface area (Å²) in [5.41, 5.74) is 6.65. The number of ether oxygens (including phenoxy) is 1. The highest BCUT2D eigenvalue weighted by Gasteiger charge is 2.35. The first-order valence-corrected chi connectivity index (χ1v) is 10.1. The third kappa shape index (κ3) is 3.91. The fourth-order valence-electron chi connectivity index (χ4n) is 3.90. The molecule has 2 aliphatic rings. The van der Waals surface area contributed by atoms with Crippen molar-refractivity contribution in [2.75, 3.05) is 41.8 Å². The lowest BCUT2D eigenvalue weighted by atomic mass is 10.1. The summed E-state index contributed by atoms with van der Waals surface area (Å²) in [5.74, 6) is 0.680. The topological polar surface area (TPSA) is 93.3 Å². The molecule has 8 nitrogen and oxygen atoms in total. The number of hydrogen-bond acceptors (Lipinski definition) is 8. The van der Waals surface area contributed by atoms with Gasteiger partial charge in [-0.1, -0.05) is 6.07 Å². The van der Waals surface area contributed by atoms with Crippen LogP contribution in [-0.2, 0) is 24.0 Å². The summed E-state index contributed by atoms with van der Waals surface area (Å²) >= 11 is 0. The Morgan fingerprint density at radius 1 is 1.00 bits per heavy atom. The minimum Gasteiger partial charge on any atom is -0.384 e. The van der Waals surface area contributed by atoms with Crippen molar-refractivity contribution in [1.82, 2.24) is 19.9 Å². The van der Waals surface area contributed by atoms with Crippen LogP contribution < -0.4 is 15.5 Å². The molecule has 3 aromatic heterocycles. The molecule has 0 amide bonds. The highest BCUT2D eigenvalue weighted by Crippen LogP contribution is 2.38. The van der Waals surface area contributed by atoms with Gasteiger partial charge in [0.05, 0.1) is 36.7 Å². The SMILES string of the molecule is Nc1cc(C(F)(F)F)c(-c2cc(N3Cc4cccnc4C3)nc(N3CCOCC3)n2)cn1. The fourth-order valence-corrected chi connectivity index (χ4v) is 3.90. The highest BCUT2D eigenvalue weighted by atomic mass is 19.4. The lowest BCUT2D eigenvalue weighted by molar-refractivity contribution is -0.137. The highest BCUT2D eigenvalue weighted by molar-refractivity contribution is 5.69. The Balaban J connectivity index is 1.61. The first-order chi connectivity index (χ1) is 15.4. The second-order valence-corrected chi connectivity index (χ2v) is 7.63. The number of nitrogens with zero attached hydrogens (tertiary/aromatic N) is 6. The largest absolute Gasteiger partial charge is 0.417 e. The van der Waals surface area contributed by atoms with Gasteiger partial charge in [-0.15, -0.1) is 0 Å². The van der Waals surface area contributed by atoms with Gasteiger partial charge in [-0.3, -0.25) is 4.98 Å². The number of aromatic nitrogens is 4. The van der Waals surface area contributed by atoms with Gasteiger partial charge in [0, 0.05) is 43.7 Å². The van der Waals surface area contributed by atoms with Crippen LogP contribution in [0.25, 0.3) is 11.3 Å². The number of alkyl halides is 3. The van der Waals surface area contributed by atoms with E-state index in [0.717, 1.165) is 23.5 Å². The zero-order chi connectivity index (χ0) is 22.3. The molecule has 2 aliphatic heterocycles. The number of nitrogens with two attached hydrogens (primary N) is 1. The lowest BCUT2D eigenvalue weighted by Crippen LogP contribution is -2.37. The number of rotatable bonds is 3. The van der Waals surface area contributed by atoms with Gasteiger partial charge in [0.1, 0.15) is 11.6 Å². The Morgan fingerprint density at radius 2 is 1.81 bits per heavy atom. The summed E-state index contributed by atoms with van der Waals surface area (Å²) in [5, 5.41) is 0. The molecule has 32 heavy (non-hydrogen) atoms. The zero-order valence-electron chi connectivity index (χ0n) is 17.0. The maximum Gasteiger partial charge on any atom is 0.417 e. The normalized spacial score (nSPS) is 16.3. The molecule has 0 aliphatic carbocycles. The van der Waals surface area contributed by atoms with Crippen LogP contribution in [0.5, 0.6) is 0 Å². The van der Waals surface area contributed by atoms with Gasteiger partial charge in [0.25, 0.3) is 0 Å². The number of fused-ring (bicyclic) bond motifs is 1. The van der Waals surface area contributed by atoms with Crippen molar-refractivity contribution in [3.8, 4) is 11.3 Å². The molecule has 0 bridgehead atoms. The quantitative estimate of drug-likeness (QED) is 0.661. The molecule has 1 fully saturated rings. The van der Waals surface area contributed by atoms with Crippen LogP contribution in [0.2, 0.25) is 0 Å². The van der Waals surface area contributed by atoms with Gasteiger partial charge in [-0.25, -0.2) is 9.97 Å². The minimum atomic E-state index is -4.61. The second kappa shape index (κ2) is 7.90. The van der Waals surface area contributed by atoms with Crippen molar-refractivity contribution in [3.63, 3.8) is 0 Å². The Hall–Kier alpha value is -3.47. The van der Waals surface area contributed by atoms with Crippen LogP contribution >= 0.6 is 0 Å². The van der Waals surface area contributed by atoms with E-state index in [0.29, 0.717) is 51.2 Å². The molecular formula is C21H20F3N7O. The Bertz CT molecular complexity index is 1120. The summed E-state index contributed by atoms with van der Waals surface area (Å²) in [6.07, 6.45) is -1.76. The molecule has 1 saturated heterocycles. The Labute approximate surface area is 181 Å². The molecule has 0 spiro atoms. The third-order valence-electron chi connectivity index (χ3n) is 5.51. The van der Waals surface area contributed by atoms with Crippen LogP contribution in [0, 0.1) is 0 Å². The molecule has 3 aromatic rings. The Kier molecular flexibility index (Phi) is 5.04. The van der Waals surface area contributed by atoms with Crippen molar-refractivity contribution in [3.05, 3.63) is 53.5 Å². The van der Waals surface area contributed by atoms with Gasteiger partial charge in [0.2, 0.25) is 5.95 Å². The van der Waals surface area contributed by atoms with E-state index in [2.05, 4.69) is 19.9 Å². The van der Waals surface area contributed by atoms with Crippen LogP contribution in [0.1, 0.15) is 16.8 Å². The van der Waals surface area contributed by atoms with Gasteiger partial charge in [-0.2, -0.15) is 18.2 Å². The van der Waals surface area contributed by atoms with Crippen LogP contribution in [-0.4, -0.2) is 46.2 Å². The monoisotopic (exact) mass is 443 g/mol. The number of halogens is 3. The second-order valence-electron chi connectivity index (χ2n) is 7.63. The fraction of sp³-hybridized carbons (Fsp3) is 0.333. The van der Waals surface area contributed by atoms with E-state index in [4.69, 9.17) is 10.5 Å². The minimum absolute atomic E-state index is 0.139. The number of anilines is 3.